The normalized spacial score (nSPS) is 14.1. The smallest absolute Gasteiger partial charge is 0.330 e. The molecule has 0 aliphatic carbocycles. The lowest BCUT2D eigenvalue weighted by Crippen LogP contribution is -2.22. The zero-order valence-corrected chi connectivity index (χ0v) is 8.54. The maximum Gasteiger partial charge on any atom is 0.330 e. The Labute approximate surface area is 69.1 Å². The summed E-state index contributed by atoms with van der Waals surface area (Å²) in [5, 5.41) is 17.3. The first-order chi connectivity index (χ1) is 4.95. The minimum Gasteiger partial charge on any atom is -0.385 e. The van der Waals surface area contributed by atoms with E-state index in [0.717, 1.165) is 12.5 Å². The predicted molar refractivity (Wildman–Crippen MR) is 48.7 cm³/mol. The molecule has 0 aliphatic rings. The molecule has 0 saturated heterocycles. The van der Waals surface area contributed by atoms with Gasteiger partial charge in [0.25, 0.3) is 0 Å². The van der Waals surface area contributed by atoms with Crippen LogP contribution in [0, 0.1) is 5.39 Å². The summed E-state index contributed by atoms with van der Waals surface area (Å²) in [6, 6.07) is 1.09. The first-order valence-corrected chi connectivity index (χ1v) is 7.65. The van der Waals surface area contributed by atoms with Crippen molar-refractivity contribution in [1.82, 2.24) is 0 Å². The first-order valence-electron chi connectivity index (χ1n) is 3.94. The average Bonchev–Trinajstić information content (AvgIpc) is 1.83. The molecular formula is C7H17N2OSi+. The van der Waals surface area contributed by atoms with Gasteiger partial charge in [-0.1, -0.05) is 25.7 Å². The van der Waals surface area contributed by atoms with E-state index in [-0.39, 0.29) is 6.54 Å². The third-order valence-corrected chi connectivity index (χ3v) is 3.31. The van der Waals surface area contributed by atoms with Gasteiger partial charge in [0.2, 0.25) is 5.39 Å². The zero-order chi connectivity index (χ0) is 8.91. The SMILES string of the molecule is C[Si](C)(C)CCC(O)C[N+]#N. The lowest BCUT2D eigenvalue weighted by Gasteiger charge is -2.15. The van der Waals surface area contributed by atoms with Gasteiger partial charge in [-0.25, -0.2) is 0 Å². The molecule has 0 aromatic heterocycles. The molecule has 11 heavy (non-hydrogen) atoms. The summed E-state index contributed by atoms with van der Waals surface area (Å²) in [6.07, 6.45) is 0.312. The van der Waals surface area contributed by atoms with E-state index in [1.54, 1.807) is 0 Å². The van der Waals surface area contributed by atoms with Crippen molar-refractivity contribution < 1.29 is 5.11 Å². The third-order valence-electron chi connectivity index (χ3n) is 1.52. The van der Waals surface area contributed by atoms with E-state index in [9.17, 15) is 5.11 Å². The molecule has 0 radical (unpaired) electrons. The summed E-state index contributed by atoms with van der Waals surface area (Å²) in [5.74, 6) is 0. The predicted octanol–water partition coefficient (Wildman–Crippen LogP) is 1.93. The van der Waals surface area contributed by atoms with Crippen LogP contribution in [0.4, 0.5) is 0 Å². The molecule has 1 N–H and O–H groups in total. The van der Waals surface area contributed by atoms with Crippen LogP contribution in [0.2, 0.25) is 25.7 Å². The van der Waals surface area contributed by atoms with Crippen molar-refractivity contribution in [1.29, 1.82) is 5.39 Å². The van der Waals surface area contributed by atoms with Gasteiger partial charge in [0, 0.05) is 8.07 Å². The standard InChI is InChI=1S/C7H17N2OSi/c1-11(2,3)5-4-7(10)6-9-8/h7,10H,4-6H2,1-3H3/q+1. The van der Waals surface area contributed by atoms with Gasteiger partial charge in [-0.2, -0.15) is 0 Å². The minimum atomic E-state index is -1.03. The second-order valence-corrected chi connectivity index (χ2v) is 9.70. The summed E-state index contributed by atoms with van der Waals surface area (Å²) in [6.45, 7) is 6.94. The van der Waals surface area contributed by atoms with Gasteiger partial charge in [0.1, 0.15) is 11.1 Å². The Balaban J connectivity index is 3.48. The second kappa shape index (κ2) is 4.47. The van der Waals surface area contributed by atoms with Gasteiger partial charge in [0.15, 0.2) is 0 Å². The van der Waals surface area contributed by atoms with E-state index in [2.05, 4.69) is 24.6 Å². The highest BCUT2D eigenvalue weighted by atomic mass is 28.3. The number of diazo groups is 1. The summed E-state index contributed by atoms with van der Waals surface area (Å²) in [5.41, 5.74) is 0. The van der Waals surface area contributed by atoms with Crippen molar-refractivity contribution in [2.24, 2.45) is 0 Å². The maximum atomic E-state index is 9.18. The molecule has 0 amide bonds. The molecule has 0 saturated carbocycles. The topological polar surface area (TPSA) is 48.4 Å². The lowest BCUT2D eigenvalue weighted by molar-refractivity contribution is 0.186. The van der Waals surface area contributed by atoms with E-state index < -0.39 is 14.2 Å². The fraction of sp³-hybridized carbons (Fsp3) is 1.00. The number of nitrogens with zero attached hydrogens (tertiary/aromatic N) is 2. The Bertz CT molecular complexity index is 148. The zero-order valence-electron chi connectivity index (χ0n) is 7.54. The molecule has 4 heteroatoms. The molecule has 0 bridgehead atoms. The molecule has 1 unspecified atom stereocenters. The molecule has 0 fully saturated rings. The fourth-order valence-electron chi connectivity index (χ4n) is 0.785. The van der Waals surface area contributed by atoms with Gasteiger partial charge >= 0.3 is 6.54 Å². The van der Waals surface area contributed by atoms with Crippen LogP contribution < -0.4 is 0 Å². The van der Waals surface area contributed by atoms with Crippen LogP contribution in [0.1, 0.15) is 6.42 Å². The van der Waals surface area contributed by atoms with Crippen molar-refractivity contribution >= 4 is 8.07 Å². The Hall–Kier alpha value is -0.403. The average molecular weight is 173 g/mol. The minimum absolute atomic E-state index is 0.157. The Morgan fingerprint density at radius 3 is 2.36 bits per heavy atom. The molecule has 0 rings (SSSR count). The highest BCUT2D eigenvalue weighted by molar-refractivity contribution is 6.76. The number of rotatable bonds is 4. The molecule has 0 aliphatic heterocycles. The Morgan fingerprint density at radius 1 is 1.45 bits per heavy atom. The number of aliphatic hydroxyl groups excluding tert-OH is 1. The Kier molecular flexibility index (Phi) is 4.31. The highest BCUT2D eigenvalue weighted by Crippen LogP contribution is 2.12. The maximum absolute atomic E-state index is 9.18. The summed E-state index contributed by atoms with van der Waals surface area (Å²) in [4.78, 5) is 2.90. The van der Waals surface area contributed by atoms with E-state index in [1.165, 1.54) is 0 Å². The molecule has 64 valence electrons. The van der Waals surface area contributed by atoms with E-state index in [1.807, 2.05) is 0 Å². The molecule has 3 nitrogen and oxygen atoms in total. The molecular weight excluding hydrogens is 156 g/mol. The quantitative estimate of drug-likeness (QED) is 0.521. The highest BCUT2D eigenvalue weighted by Gasteiger charge is 2.18. The van der Waals surface area contributed by atoms with E-state index >= 15 is 0 Å². The van der Waals surface area contributed by atoms with Crippen molar-refractivity contribution in [3.05, 3.63) is 4.98 Å². The molecule has 0 heterocycles. The number of hydrogen-bond donors (Lipinski definition) is 1. The summed E-state index contributed by atoms with van der Waals surface area (Å²) in [7, 11) is -1.03. The lowest BCUT2D eigenvalue weighted by atomic mass is 10.3. The van der Waals surface area contributed by atoms with Crippen LogP contribution in [0.25, 0.3) is 4.98 Å². The van der Waals surface area contributed by atoms with Crippen LogP contribution in [0.15, 0.2) is 0 Å². The molecule has 0 aromatic rings. The van der Waals surface area contributed by atoms with Crippen molar-refractivity contribution in [2.45, 2.75) is 38.2 Å². The molecule has 0 spiro atoms. The summed E-state index contributed by atoms with van der Waals surface area (Å²) < 4.78 is 0. The van der Waals surface area contributed by atoms with E-state index in [0.29, 0.717) is 0 Å². The fourth-order valence-corrected chi connectivity index (χ4v) is 1.98. The van der Waals surface area contributed by atoms with Crippen LogP contribution in [0.5, 0.6) is 0 Å². The van der Waals surface area contributed by atoms with Gasteiger partial charge in [-0.3, -0.25) is 0 Å². The van der Waals surface area contributed by atoms with Gasteiger partial charge in [0.05, 0.1) is 0 Å². The van der Waals surface area contributed by atoms with Crippen LogP contribution in [-0.2, 0) is 0 Å². The first kappa shape index (κ1) is 10.6. The van der Waals surface area contributed by atoms with Crippen molar-refractivity contribution in [3.63, 3.8) is 0 Å². The largest absolute Gasteiger partial charge is 0.385 e. The Morgan fingerprint density at radius 2 is 2.00 bits per heavy atom. The molecule has 0 aromatic carbocycles. The molecule has 1 atom stereocenters. The van der Waals surface area contributed by atoms with Gasteiger partial charge in [-0.15, -0.1) is 0 Å². The van der Waals surface area contributed by atoms with E-state index in [4.69, 9.17) is 5.39 Å². The second-order valence-electron chi connectivity index (χ2n) is 4.08. The van der Waals surface area contributed by atoms with Crippen LogP contribution >= 0.6 is 0 Å². The number of aliphatic hydroxyl groups is 1. The van der Waals surface area contributed by atoms with Crippen LogP contribution in [-0.4, -0.2) is 25.8 Å². The van der Waals surface area contributed by atoms with Gasteiger partial charge in [-0.05, 0) is 6.42 Å². The van der Waals surface area contributed by atoms with Crippen molar-refractivity contribution in [2.75, 3.05) is 6.54 Å². The summed E-state index contributed by atoms with van der Waals surface area (Å²) >= 11 is 0. The van der Waals surface area contributed by atoms with Gasteiger partial charge < -0.3 is 5.11 Å². The number of hydrogen-bond acceptors (Lipinski definition) is 2. The third kappa shape index (κ3) is 7.49. The monoisotopic (exact) mass is 173 g/mol. The van der Waals surface area contributed by atoms with Crippen LogP contribution in [0.3, 0.4) is 0 Å². The van der Waals surface area contributed by atoms with Crippen molar-refractivity contribution in [3.8, 4) is 0 Å².